The van der Waals surface area contributed by atoms with Crippen molar-refractivity contribution < 1.29 is 13.2 Å². The molecule has 0 fully saturated rings. The third-order valence-corrected chi connectivity index (χ3v) is 5.53. The number of halogens is 1. The first-order valence-electron chi connectivity index (χ1n) is 9.10. The smallest absolute Gasteiger partial charge is 0.241 e. The molecule has 3 aromatic carbocycles. The number of benzene rings is 3. The minimum atomic E-state index is -3.77. The number of aromatic nitrogens is 2. The van der Waals surface area contributed by atoms with Crippen molar-refractivity contribution in [3.05, 3.63) is 83.0 Å². The Labute approximate surface area is 179 Å². The topological polar surface area (TPSA) is 95.2 Å². The number of sulfonamides is 1. The minimum absolute atomic E-state index is 0.267. The Morgan fingerprint density at radius 1 is 0.967 bits per heavy atom. The standard InChI is InChI=1S/C22H18ClN3O3S/c1-14-22(26-19-12-6-11-18(23)20(19)25-14)29-21-16(13-30(24,27)28)9-5-10-17(21)15-7-3-2-4-8-15/h2-12H,13H2,1H3,(H2,24,27,28). The van der Waals surface area contributed by atoms with Gasteiger partial charge in [0.25, 0.3) is 0 Å². The molecule has 0 aliphatic rings. The number of rotatable bonds is 5. The lowest BCUT2D eigenvalue weighted by molar-refractivity contribution is 0.455. The Morgan fingerprint density at radius 2 is 1.70 bits per heavy atom. The van der Waals surface area contributed by atoms with Gasteiger partial charge in [0.1, 0.15) is 17.0 Å². The SMILES string of the molecule is Cc1nc2c(Cl)cccc2nc1Oc1c(CS(N)(=O)=O)cccc1-c1ccccc1. The second kappa shape index (κ2) is 8.02. The number of para-hydroxylation sites is 2. The molecule has 2 N–H and O–H groups in total. The van der Waals surface area contributed by atoms with Crippen LogP contribution in [0.1, 0.15) is 11.3 Å². The van der Waals surface area contributed by atoms with Crippen LogP contribution in [-0.2, 0) is 15.8 Å². The molecule has 0 saturated heterocycles. The van der Waals surface area contributed by atoms with Gasteiger partial charge in [-0.3, -0.25) is 0 Å². The van der Waals surface area contributed by atoms with Crippen LogP contribution in [0, 0.1) is 6.92 Å². The van der Waals surface area contributed by atoms with E-state index in [1.54, 1.807) is 37.3 Å². The number of hydrogen-bond donors (Lipinski definition) is 1. The molecule has 0 radical (unpaired) electrons. The van der Waals surface area contributed by atoms with Crippen LogP contribution in [0.3, 0.4) is 0 Å². The first-order chi connectivity index (χ1) is 14.3. The molecule has 4 rings (SSSR count). The van der Waals surface area contributed by atoms with Gasteiger partial charge in [0, 0.05) is 11.1 Å². The van der Waals surface area contributed by atoms with E-state index in [1.165, 1.54) is 0 Å². The summed E-state index contributed by atoms with van der Waals surface area (Å²) in [5.74, 6) is 0.273. The van der Waals surface area contributed by atoms with E-state index in [0.29, 0.717) is 33.1 Å². The van der Waals surface area contributed by atoms with Gasteiger partial charge in [-0.25, -0.2) is 23.5 Å². The molecule has 0 atom stereocenters. The molecule has 1 aromatic heterocycles. The predicted octanol–water partition coefficient (Wildman–Crippen LogP) is 4.84. The van der Waals surface area contributed by atoms with Crippen molar-refractivity contribution in [1.82, 2.24) is 9.97 Å². The monoisotopic (exact) mass is 439 g/mol. The maximum Gasteiger partial charge on any atom is 0.241 e. The van der Waals surface area contributed by atoms with E-state index >= 15 is 0 Å². The van der Waals surface area contributed by atoms with E-state index in [-0.39, 0.29) is 11.6 Å². The van der Waals surface area contributed by atoms with Gasteiger partial charge in [0.05, 0.1) is 16.3 Å². The lowest BCUT2D eigenvalue weighted by atomic mass is 10.0. The average Bonchev–Trinajstić information content (AvgIpc) is 2.70. The van der Waals surface area contributed by atoms with Crippen molar-refractivity contribution in [2.75, 3.05) is 0 Å². The fourth-order valence-electron chi connectivity index (χ4n) is 3.18. The van der Waals surface area contributed by atoms with E-state index in [1.807, 2.05) is 36.4 Å². The maximum absolute atomic E-state index is 11.8. The van der Waals surface area contributed by atoms with Crippen LogP contribution in [0.2, 0.25) is 5.02 Å². The summed E-state index contributed by atoms with van der Waals surface area (Å²) in [5, 5.41) is 5.81. The molecule has 0 aliphatic heterocycles. The summed E-state index contributed by atoms with van der Waals surface area (Å²) >= 11 is 6.22. The third-order valence-electron chi connectivity index (χ3n) is 4.51. The zero-order chi connectivity index (χ0) is 21.3. The summed E-state index contributed by atoms with van der Waals surface area (Å²) in [5.41, 5.74) is 3.71. The molecule has 0 saturated carbocycles. The van der Waals surface area contributed by atoms with Crippen molar-refractivity contribution in [3.8, 4) is 22.8 Å². The summed E-state index contributed by atoms with van der Waals surface area (Å²) < 4.78 is 29.8. The van der Waals surface area contributed by atoms with Crippen LogP contribution in [0.5, 0.6) is 11.6 Å². The predicted molar refractivity (Wildman–Crippen MR) is 118 cm³/mol. The number of ether oxygens (including phenoxy) is 1. The summed E-state index contributed by atoms with van der Waals surface area (Å²) in [6.07, 6.45) is 0. The van der Waals surface area contributed by atoms with Crippen molar-refractivity contribution >= 4 is 32.7 Å². The Morgan fingerprint density at radius 3 is 2.43 bits per heavy atom. The van der Waals surface area contributed by atoms with E-state index in [0.717, 1.165) is 11.1 Å². The Hall–Kier alpha value is -3.00. The van der Waals surface area contributed by atoms with Crippen LogP contribution in [0.25, 0.3) is 22.2 Å². The molecule has 8 heteroatoms. The first-order valence-corrected chi connectivity index (χ1v) is 11.2. The quantitative estimate of drug-likeness (QED) is 0.480. The second-order valence-electron chi connectivity index (χ2n) is 6.79. The molecule has 0 amide bonds. The van der Waals surface area contributed by atoms with Crippen molar-refractivity contribution in [2.45, 2.75) is 12.7 Å². The number of nitrogens with zero attached hydrogens (tertiary/aromatic N) is 2. The molecule has 1 heterocycles. The van der Waals surface area contributed by atoms with Gasteiger partial charge in [-0.15, -0.1) is 0 Å². The van der Waals surface area contributed by atoms with E-state index in [4.69, 9.17) is 21.5 Å². The van der Waals surface area contributed by atoms with E-state index in [2.05, 4.69) is 9.97 Å². The molecule has 30 heavy (non-hydrogen) atoms. The summed E-state index contributed by atoms with van der Waals surface area (Å²) in [7, 11) is -3.77. The van der Waals surface area contributed by atoms with E-state index < -0.39 is 10.0 Å². The largest absolute Gasteiger partial charge is 0.436 e. The van der Waals surface area contributed by atoms with Gasteiger partial charge in [0.2, 0.25) is 15.9 Å². The lowest BCUT2D eigenvalue weighted by Gasteiger charge is -2.16. The zero-order valence-electron chi connectivity index (χ0n) is 16.0. The minimum Gasteiger partial charge on any atom is -0.436 e. The van der Waals surface area contributed by atoms with Gasteiger partial charge >= 0.3 is 0 Å². The summed E-state index contributed by atoms with van der Waals surface area (Å²) in [4.78, 5) is 9.07. The highest BCUT2D eigenvalue weighted by atomic mass is 35.5. The Balaban J connectivity index is 1.89. The molecular formula is C22H18ClN3O3S. The molecule has 4 aromatic rings. The second-order valence-corrected chi connectivity index (χ2v) is 8.81. The van der Waals surface area contributed by atoms with Crippen LogP contribution < -0.4 is 9.88 Å². The Kier molecular flexibility index (Phi) is 5.42. The van der Waals surface area contributed by atoms with Crippen molar-refractivity contribution in [3.63, 3.8) is 0 Å². The normalized spacial score (nSPS) is 11.6. The van der Waals surface area contributed by atoms with Gasteiger partial charge < -0.3 is 4.74 Å². The first kappa shape index (κ1) is 20.3. The van der Waals surface area contributed by atoms with Gasteiger partial charge in [-0.05, 0) is 24.6 Å². The average molecular weight is 440 g/mol. The van der Waals surface area contributed by atoms with Crippen molar-refractivity contribution in [2.24, 2.45) is 5.14 Å². The molecule has 0 spiro atoms. The third kappa shape index (κ3) is 4.28. The fourth-order valence-corrected chi connectivity index (χ4v) is 4.06. The van der Waals surface area contributed by atoms with E-state index in [9.17, 15) is 8.42 Å². The molecular weight excluding hydrogens is 422 g/mol. The highest BCUT2D eigenvalue weighted by molar-refractivity contribution is 7.88. The zero-order valence-corrected chi connectivity index (χ0v) is 17.6. The molecule has 152 valence electrons. The summed E-state index contributed by atoms with van der Waals surface area (Å²) in [6, 6.07) is 20.2. The molecule has 6 nitrogen and oxygen atoms in total. The molecule has 0 unspecified atom stereocenters. The number of hydrogen-bond acceptors (Lipinski definition) is 5. The number of aryl methyl sites for hydroxylation is 1. The highest BCUT2D eigenvalue weighted by Crippen LogP contribution is 2.38. The highest BCUT2D eigenvalue weighted by Gasteiger charge is 2.19. The Bertz CT molecular complexity index is 1340. The van der Waals surface area contributed by atoms with Crippen LogP contribution in [-0.4, -0.2) is 18.4 Å². The van der Waals surface area contributed by atoms with Gasteiger partial charge in [0.15, 0.2) is 0 Å². The number of primary sulfonamides is 1. The fraction of sp³-hybridized carbons (Fsp3) is 0.0909. The number of fused-ring (bicyclic) bond motifs is 1. The maximum atomic E-state index is 11.8. The van der Waals surface area contributed by atoms with Crippen LogP contribution in [0.4, 0.5) is 0 Å². The van der Waals surface area contributed by atoms with Gasteiger partial charge in [-0.1, -0.05) is 66.2 Å². The van der Waals surface area contributed by atoms with Crippen LogP contribution in [0.15, 0.2) is 66.7 Å². The molecule has 0 aliphatic carbocycles. The molecule has 0 bridgehead atoms. The van der Waals surface area contributed by atoms with Gasteiger partial charge in [-0.2, -0.15) is 0 Å². The number of nitrogens with two attached hydrogens (primary N) is 1. The van der Waals surface area contributed by atoms with Crippen LogP contribution >= 0.6 is 11.6 Å². The summed E-state index contributed by atoms with van der Waals surface area (Å²) in [6.45, 7) is 1.76. The lowest BCUT2D eigenvalue weighted by Crippen LogP contribution is -2.15. The van der Waals surface area contributed by atoms with Crippen molar-refractivity contribution in [1.29, 1.82) is 0 Å².